The fraction of sp³-hybridized carbons (Fsp3) is 0.267. The van der Waals surface area contributed by atoms with Crippen LogP contribution in [0.1, 0.15) is 11.1 Å². The number of alkyl halides is 1. The third kappa shape index (κ3) is 3.61. The molecule has 0 fully saturated rings. The number of aromatic nitrogens is 1. The molecule has 0 N–H and O–H groups in total. The Morgan fingerprint density at radius 1 is 1.21 bits per heavy atom. The van der Waals surface area contributed by atoms with Gasteiger partial charge in [-0.05, 0) is 17.7 Å². The van der Waals surface area contributed by atoms with Crippen LogP contribution in [0.25, 0.3) is 0 Å². The summed E-state index contributed by atoms with van der Waals surface area (Å²) in [6.07, 6.45) is 4.40. The van der Waals surface area contributed by atoms with Crippen molar-refractivity contribution in [2.45, 2.75) is 12.3 Å². The molecule has 19 heavy (non-hydrogen) atoms. The molecule has 0 aliphatic carbocycles. The van der Waals surface area contributed by atoms with Gasteiger partial charge >= 0.3 is 0 Å². The minimum Gasteiger partial charge on any atom is -0.493 e. The average Bonchev–Trinajstić information content (AvgIpc) is 2.48. The van der Waals surface area contributed by atoms with Crippen LogP contribution < -0.4 is 9.47 Å². The largest absolute Gasteiger partial charge is 0.493 e. The van der Waals surface area contributed by atoms with Gasteiger partial charge in [0.1, 0.15) is 0 Å². The number of benzene rings is 1. The molecule has 1 aromatic heterocycles. The summed E-state index contributed by atoms with van der Waals surface area (Å²) in [5.74, 6) is 1.84. The van der Waals surface area contributed by atoms with Crippen LogP contribution in [0.3, 0.4) is 0 Å². The zero-order valence-electron chi connectivity index (χ0n) is 10.8. The van der Waals surface area contributed by atoms with Crippen LogP contribution >= 0.6 is 11.6 Å². The fourth-order valence-electron chi connectivity index (χ4n) is 1.81. The van der Waals surface area contributed by atoms with E-state index < -0.39 is 0 Å². The molecule has 0 radical (unpaired) electrons. The molecule has 1 aromatic carbocycles. The number of hydrogen-bond donors (Lipinski definition) is 0. The molecule has 0 saturated heterocycles. The maximum absolute atomic E-state index is 5.91. The lowest BCUT2D eigenvalue weighted by molar-refractivity contribution is 0.295. The zero-order valence-corrected chi connectivity index (χ0v) is 11.6. The second kappa shape index (κ2) is 7.00. The van der Waals surface area contributed by atoms with Crippen molar-refractivity contribution in [1.82, 2.24) is 4.98 Å². The number of hydrogen-bond acceptors (Lipinski definition) is 3. The lowest BCUT2D eigenvalue weighted by Crippen LogP contribution is -2.04. The van der Waals surface area contributed by atoms with Gasteiger partial charge < -0.3 is 9.47 Å². The van der Waals surface area contributed by atoms with Crippen molar-refractivity contribution < 1.29 is 9.47 Å². The van der Waals surface area contributed by atoms with Gasteiger partial charge in [-0.1, -0.05) is 18.2 Å². The number of para-hydroxylation sites is 1. The van der Waals surface area contributed by atoms with E-state index in [-0.39, 0.29) is 0 Å². The monoisotopic (exact) mass is 277 g/mol. The number of ether oxygens (including phenoxy) is 2. The van der Waals surface area contributed by atoms with Gasteiger partial charge in [0, 0.05) is 24.4 Å². The summed E-state index contributed by atoms with van der Waals surface area (Å²) in [5, 5.41) is 0. The maximum Gasteiger partial charge on any atom is 0.165 e. The highest BCUT2D eigenvalue weighted by Gasteiger charge is 2.09. The van der Waals surface area contributed by atoms with Crippen molar-refractivity contribution in [2.24, 2.45) is 0 Å². The van der Waals surface area contributed by atoms with E-state index >= 15 is 0 Å². The highest BCUT2D eigenvalue weighted by atomic mass is 35.5. The molecule has 0 bridgehead atoms. The van der Waals surface area contributed by atoms with E-state index in [2.05, 4.69) is 4.98 Å². The lowest BCUT2D eigenvalue weighted by Gasteiger charge is -2.13. The molecule has 0 amide bonds. The molecule has 0 aliphatic rings. The van der Waals surface area contributed by atoms with Crippen LogP contribution in [0.4, 0.5) is 0 Å². The minimum absolute atomic E-state index is 0.402. The first kappa shape index (κ1) is 13.7. The molecule has 0 unspecified atom stereocenters. The normalized spacial score (nSPS) is 10.2. The molecule has 0 spiro atoms. The first-order valence-corrected chi connectivity index (χ1v) is 6.62. The van der Waals surface area contributed by atoms with E-state index in [1.807, 2.05) is 36.5 Å². The second-order valence-corrected chi connectivity index (χ2v) is 4.31. The summed E-state index contributed by atoms with van der Waals surface area (Å²) in [4.78, 5) is 4.08. The Labute approximate surface area is 118 Å². The summed E-state index contributed by atoms with van der Waals surface area (Å²) < 4.78 is 11.1. The first-order valence-electron chi connectivity index (χ1n) is 6.08. The van der Waals surface area contributed by atoms with Crippen molar-refractivity contribution in [3.8, 4) is 11.5 Å². The Hall–Kier alpha value is -1.74. The van der Waals surface area contributed by atoms with Crippen LogP contribution in [0.15, 0.2) is 42.7 Å². The van der Waals surface area contributed by atoms with Crippen molar-refractivity contribution in [3.05, 3.63) is 53.9 Å². The maximum atomic E-state index is 5.91. The number of halogens is 1. The Morgan fingerprint density at radius 3 is 2.79 bits per heavy atom. The van der Waals surface area contributed by atoms with Gasteiger partial charge in [0.15, 0.2) is 11.5 Å². The number of methoxy groups -OCH3 is 1. The van der Waals surface area contributed by atoms with Gasteiger partial charge in [-0.2, -0.15) is 0 Å². The van der Waals surface area contributed by atoms with E-state index in [4.69, 9.17) is 21.1 Å². The number of rotatable bonds is 6. The highest BCUT2D eigenvalue weighted by Crippen LogP contribution is 2.32. The molecule has 0 saturated carbocycles. The Morgan fingerprint density at radius 2 is 2.11 bits per heavy atom. The van der Waals surface area contributed by atoms with E-state index in [1.54, 1.807) is 13.3 Å². The molecule has 2 aromatic rings. The molecule has 4 heteroatoms. The van der Waals surface area contributed by atoms with Gasteiger partial charge in [0.05, 0.1) is 19.6 Å². The molecule has 0 aliphatic heterocycles. The van der Waals surface area contributed by atoms with Crippen molar-refractivity contribution in [1.29, 1.82) is 0 Å². The Kier molecular flexibility index (Phi) is 5.04. The third-order valence-electron chi connectivity index (χ3n) is 2.78. The third-order valence-corrected chi connectivity index (χ3v) is 3.07. The lowest BCUT2D eigenvalue weighted by atomic mass is 10.2. The van der Waals surface area contributed by atoms with E-state index in [1.165, 1.54) is 0 Å². The Balaban J connectivity index is 2.02. The summed E-state index contributed by atoms with van der Waals surface area (Å²) in [5.41, 5.74) is 2.08. The standard InChI is InChI=1S/C15H16ClNO2/c1-18-14-6-2-5-13(10-16)15(14)19-9-7-12-4-3-8-17-11-12/h2-6,8,11H,7,9-10H2,1H3. The predicted octanol–water partition coefficient (Wildman–Crippen LogP) is 3.45. The number of nitrogens with zero attached hydrogens (tertiary/aromatic N) is 1. The van der Waals surface area contributed by atoms with Crippen molar-refractivity contribution in [3.63, 3.8) is 0 Å². The Bertz CT molecular complexity index is 495. The minimum atomic E-state index is 0.402. The molecule has 100 valence electrons. The van der Waals surface area contributed by atoms with Gasteiger partial charge in [-0.15, -0.1) is 11.6 Å². The number of pyridine rings is 1. The van der Waals surface area contributed by atoms with Crippen LogP contribution in [0, 0.1) is 0 Å². The second-order valence-electron chi connectivity index (χ2n) is 4.04. The molecular formula is C15H16ClNO2. The quantitative estimate of drug-likeness (QED) is 0.758. The van der Waals surface area contributed by atoms with Gasteiger partial charge in [-0.25, -0.2) is 0 Å². The van der Waals surface area contributed by atoms with Crippen molar-refractivity contribution >= 4 is 11.6 Å². The first-order chi connectivity index (χ1) is 9.35. The fourth-order valence-corrected chi connectivity index (χ4v) is 2.02. The van der Waals surface area contributed by atoms with E-state index in [0.717, 1.165) is 23.3 Å². The molecular weight excluding hydrogens is 262 g/mol. The van der Waals surface area contributed by atoms with Crippen molar-refractivity contribution in [2.75, 3.05) is 13.7 Å². The zero-order chi connectivity index (χ0) is 13.5. The average molecular weight is 278 g/mol. The molecule has 2 rings (SSSR count). The molecule has 0 atom stereocenters. The van der Waals surface area contributed by atoms with Crippen LogP contribution in [-0.2, 0) is 12.3 Å². The van der Waals surface area contributed by atoms with E-state index in [0.29, 0.717) is 18.2 Å². The molecule has 1 heterocycles. The van der Waals surface area contributed by atoms with Crippen LogP contribution in [0.2, 0.25) is 0 Å². The smallest absolute Gasteiger partial charge is 0.165 e. The summed E-state index contributed by atoms with van der Waals surface area (Å²) in [6, 6.07) is 9.67. The van der Waals surface area contributed by atoms with Crippen LogP contribution in [-0.4, -0.2) is 18.7 Å². The summed E-state index contributed by atoms with van der Waals surface area (Å²) >= 11 is 5.91. The van der Waals surface area contributed by atoms with Crippen LogP contribution in [0.5, 0.6) is 11.5 Å². The topological polar surface area (TPSA) is 31.4 Å². The summed E-state index contributed by atoms with van der Waals surface area (Å²) in [7, 11) is 1.63. The highest BCUT2D eigenvalue weighted by molar-refractivity contribution is 6.17. The van der Waals surface area contributed by atoms with Gasteiger partial charge in [-0.3, -0.25) is 4.98 Å². The molecule has 3 nitrogen and oxygen atoms in total. The van der Waals surface area contributed by atoms with Gasteiger partial charge in [0.2, 0.25) is 0 Å². The SMILES string of the molecule is COc1cccc(CCl)c1OCCc1cccnc1. The summed E-state index contributed by atoms with van der Waals surface area (Å²) in [6.45, 7) is 0.565. The van der Waals surface area contributed by atoms with E-state index in [9.17, 15) is 0 Å². The predicted molar refractivity (Wildman–Crippen MR) is 76.0 cm³/mol. The van der Waals surface area contributed by atoms with Gasteiger partial charge in [0.25, 0.3) is 0 Å².